The van der Waals surface area contributed by atoms with Gasteiger partial charge in [0.2, 0.25) is 11.8 Å². The number of hydrogen-bond acceptors (Lipinski definition) is 6. The average molecular weight is 501 g/mol. The van der Waals surface area contributed by atoms with E-state index in [1.54, 1.807) is 9.44 Å². The molecule has 0 fully saturated rings. The molecule has 10 nitrogen and oxygen atoms in total. The van der Waals surface area contributed by atoms with Crippen LogP contribution in [-0.2, 0) is 29.6 Å². The molecule has 14 heteroatoms. The Hall–Kier alpha value is -2.22. The van der Waals surface area contributed by atoms with Gasteiger partial charge in [-0.2, -0.15) is 0 Å². The average Bonchev–Trinajstić information content (AvgIpc) is 2.60. The number of sulfonamides is 2. The normalized spacial score (nSPS) is 10.9. The molecule has 0 bridgehead atoms. The lowest BCUT2D eigenvalue weighted by Crippen LogP contribution is -2.34. The molecule has 0 atom stereocenters. The van der Waals surface area contributed by atoms with Gasteiger partial charge in [0.15, 0.2) is 0 Å². The first-order valence-corrected chi connectivity index (χ1v) is 11.3. The Morgan fingerprint density at radius 2 is 0.900 bits per heavy atom. The van der Waals surface area contributed by atoms with Crippen LogP contribution in [0.4, 0.5) is 0 Å². The van der Waals surface area contributed by atoms with E-state index in [2.05, 4.69) is 0 Å². The van der Waals surface area contributed by atoms with Crippen molar-refractivity contribution in [1.29, 1.82) is 0 Å². The number of benzene rings is 2. The molecule has 0 aliphatic heterocycles. The van der Waals surface area contributed by atoms with Gasteiger partial charge in [-0.25, -0.2) is 26.3 Å². The van der Waals surface area contributed by atoms with E-state index < -0.39 is 44.7 Å². The Bertz CT molecular complexity index is 998. The Morgan fingerprint density at radius 3 is 1.17 bits per heavy atom. The lowest BCUT2D eigenvalue weighted by atomic mass is 10.3. The van der Waals surface area contributed by atoms with E-state index in [-0.39, 0.29) is 20.7 Å². The molecule has 0 heterocycles. The molecule has 0 radical (unpaired) electrons. The van der Waals surface area contributed by atoms with Crippen LogP contribution in [0, 0.1) is 0 Å². The van der Waals surface area contributed by atoms with Gasteiger partial charge in [0.25, 0.3) is 20.0 Å². The fourth-order valence-electron chi connectivity index (χ4n) is 1.97. The molecule has 0 spiro atoms. The summed E-state index contributed by atoms with van der Waals surface area (Å²) in [6.45, 7) is 0. The zero-order valence-electron chi connectivity index (χ0n) is 15.1. The van der Waals surface area contributed by atoms with Gasteiger partial charge in [-0.3, -0.25) is 9.59 Å². The molecule has 30 heavy (non-hydrogen) atoms. The molecular formula is C16H18Cl2N2O8S2. The van der Waals surface area contributed by atoms with Gasteiger partial charge in [-0.15, -0.1) is 0 Å². The minimum absolute atomic E-state index is 0. The minimum atomic E-state index is -4.13. The van der Waals surface area contributed by atoms with Gasteiger partial charge < -0.3 is 11.0 Å². The second-order valence-corrected chi connectivity index (χ2v) is 9.70. The van der Waals surface area contributed by atoms with E-state index in [1.807, 2.05) is 0 Å². The number of nitrogens with one attached hydrogen (secondary N) is 2. The van der Waals surface area contributed by atoms with E-state index in [1.165, 1.54) is 48.5 Å². The maximum atomic E-state index is 12.1. The summed E-state index contributed by atoms with van der Waals surface area (Å²) in [5.41, 5.74) is 0. The molecule has 2 aromatic carbocycles. The first-order valence-electron chi connectivity index (χ1n) is 7.62. The van der Waals surface area contributed by atoms with Crippen LogP contribution in [0.15, 0.2) is 58.3 Å². The van der Waals surface area contributed by atoms with E-state index in [9.17, 15) is 26.4 Å². The minimum Gasteiger partial charge on any atom is -0.412 e. The third-order valence-electron chi connectivity index (χ3n) is 3.32. The second kappa shape index (κ2) is 11.2. The molecule has 0 unspecified atom stereocenters. The fourth-order valence-corrected chi connectivity index (χ4v) is 4.25. The number of carbonyl (C=O) groups excluding carboxylic acids is 2. The van der Waals surface area contributed by atoms with Crippen LogP contribution >= 0.6 is 23.2 Å². The smallest absolute Gasteiger partial charge is 0.264 e. The van der Waals surface area contributed by atoms with Crippen LogP contribution in [-0.4, -0.2) is 39.6 Å². The van der Waals surface area contributed by atoms with E-state index >= 15 is 0 Å². The van der Waals surface area contributed by atoms with Crippen molar-refractivity contribution in [1.82, 2.24) is 9.44 Å². The number of hydrogen-bond donors (Lipinski definition) is 2. The molecule has 0 saturated carbocycles. The zero-order valence-corrected chi connectivity index (χ0v) is 18.2. The van der Waals surface area contributed by atoms with Crippen LogP contribution in [0.2, 0.25) is 10.0 Å². The van der Waals surface area contributed by atoms with Crippen molar-refractivity contribution in [3.8, 4) is 0 Å². The highest BCUT2D eigenvalue weighted by molar-refractivity contribution is 7.90. The molecule has 166 valence electrons. The highest BCUT2D eigenvalue weighted by Crippen LogP contribution is 2.15. The topological polar surface area (TPSA) is 189 Å². The summed E-state index contributed by atoms with van der Waals surface area (Å²) >= 11 is 11.3. The Labute approximate surface area is 182 Å². The lowest BCUT2D eigenvalue weighted by Gasteiger charge is -2.08. The van der Waals surface area contributed by atoms with Crippen molar-refractivity contribution in [2.75, 3.05) is 0 Å². The van der Waals surface area contributed by atoms with Crippen LogP contribution in [0.3, 0.4) is 0 Å². The summed E-state index contributed by atoms with van der Waals surface area (Å²) in [6.07, 6.45) is -1.07. The molecule has 6 N–H and O–H groups in total. The van der Waals surface area contributed by atoms with E-state index in [0.29, 0.717) is 10.0 Å². The van der Waals surface area contributed by atoms with Crippen LogP contribution in [0.5, 0.6) is 0 Å². The largest absolute Gasteiger partial charge is 0.412 e. The second-order valence-electron chi connectivity index (χ2n) is 5.47. The third kappa shape index (κ3) is 7.89. The predicted octanol–water partition coefficient (Wildman–Crippen LogP) is 0.434. The predicted molar refractivity (Wildman–Crippen MR) is 110 cm³/mol. The number of rotatable bonds is 7. The first-order chi connectivity index (χ1) is 13.0. The van der Waals surface area contributed by atoms with Gasteiger partial charge in [0.05, 0.1) is 9.79 Å². The van der Waals surface area contributed by atoms with E-state index in [0.717, 1.165) is 0 Å². The summed E-state index contributed by atoms with van der Waals surface area (Å²) in [6, 6.07) is 10.2. The monoisotopic (exact) mass is 500 g/mol. The Balaban J connectivity index is 0.00000420. The molecule has 0 saturated heterocycles. The highest BCUT2D eigenvalue weighted by Gasteiger charge is 2.21. The van der Waals surface area contributed by atoms with Crippen molar-refractivity contribution in [2.45, 2.75) is 22.6 Å². The van der Waals surface area contributed by atoms with Gasteiger partial charge in [-0.1, -0.05) is 23.2 Å². The molecule has 0 aliphatic carbocycles. The summed E-state index contributed by atoms with van der Waals surface area (Å²) in [4.78, 5) is 23.3. The quantitative estimate of drug-likeness (QED) is 0.553. The number of amides is 2. The van der Waals surface area contributed by atoms with Crippen LogP contribution in [0.25, 0.3) is 0 Å². The van der Waals surface area contributed by atoms with Crippen LogP contribution < -0.4 is 9.44 Å². The van der Waals surface area contributed by atoms with Gasteiger partial charge in [0, 0.05) is 22.9 Å². The van der Waals surface area contributed by atoms with Crippen LogP contribution in [0.1, 0.15) is 12.8 Å². The van der Waals surface area contributed by atoms with Crippen molar-refractivity contribution >= 4 is 55.1 Å². The SMILES string of the molecule is O.O.O=C(CCC(=O)NS(=O)(=O)c1ccc(Cl)cc1)NS(=O)(=O)c1ccc(Cl)cc1. The Morgan fingerprint density at radius 1 is 0.633 bits per heavy atom. The molecule has 2 aromatic rings. The summed E-state index contributed by atoms with van der Waals surface area (Å²) in [5.74, 6) is -1.93. The zero-order chi connectivity index (χ0) is 20.9. The van der Waals surface area contributed by atoms with Crippen molar-refractivity contribution in [3.05, 3.63) is 58.6 Å². The highest BCUT2D eigenvalue weighted by atomic mass is 35.5. The number of halogens is 2. The summed E-state index contributed by atoms with van der Waals surface area (Å²) < 4.78 is 51.8. The molecule has 2 amide bonds. The molecular weight excluding hydrogens is 483 g/mol. The maximum absolute atomic E-state index is 12.1. The maximum Gasteiger partial charge on any atom is 0.264 e. The third-order valence-corrected chi connectivity index (χ3v) is 6.61. The Kier molecular flexibility index (Phi) is 10.4. The van der Waals surface area contributed by atoms with Gasteiger partial charge >= 0.3 is 0 Å². The first kappa shape index (κ1) is 27.8. The molecule has 2 rings (SSSR count). The number of carbonyl (C=O) groups is 2. The summed E-state index contributed by atoms with van der Waals surface area (Å²) in [7, 11) is -8.25. The van der Waals surface area contributed by atoms with Gasteiger partial charge in [-0.05, 0) is 48.5 Å². The van der Waals surface area contributed by atoms with Crippen molar-refractivity contribution in [2.24, 2.45) is 0 Å². The molecule has 0 aliphatic rings. The fraction of sp³-hybridized carbons (Fsp3) is 0.125. The van der Waals surface area contributed by atoms with Gasteiger partial charge in [0.1, 0.15) is 0 Å². The standard InChI is InChI=1S/C16H14Cl2N2O6S2.2H2O/c17-11-1-5-13(6-2-11)27(23,24)19-15(21)9-10-16(22)20-28(25,26)14-7-3-12(18)4-8-14;;/h1-8H,9-10H2,(H,19,21)(H,20,22);2*1H2. The van der Waals surface area contributed by atoms with E-state index in [4.69, 9.17) is 23.2 Å². The lowest BCUT2D eigenvalue weighted by molar-refractivity contribution is -0.124. The molecule has 0 aromatic heterocycles. The van der Waals surface area contributed by atoms with Crippen molar-refractivity contribution in [3.63, 3.8) is 0 Å². The van der Waals surface area contributed by atoms with Crippen molar-refractivity contribution < 1.29 is 37.4 Å². The summed E-state index contributed by atoms with van der Waals surface area (Å²) in [5, 5.41) is 0.646.